The van der Waals surface area contributed by atoms with Gasteiger partial charge in [-0.3, -0.25) is 14.4 Å². The van der Waals surface area contributed by atoms with Crippen LogP contribution < -0.4 is 14.8 Å². The highest BCUT2D eigenvalue weighted by Gasteiger charge is 2.42. The average molecular weight is 577 g/mol. The Morgan fingerprint density at radius 1 is 0.921 bits per heavy atom. The number of benzene rings is 2. The Hall–Kier alpha value is -3.00. The summed E-state index contributed by atoms with van der Waals surface area (Å²) in [7, 11) is 1.45. The Balaban J connectivity index is 1.44. The zero-order valence-electron chi connectivity index (χ0n) is 20.5. The molecule has 0 saturated heterocycles. The lowest BCUT2D eigenvalue weighted by Gasteiger charge is -2.36. The topological polar surface area (TPSA) is 90.9 Å². The van der Waals surface area contributed by atoms with Gasteiger partial charge < -0.3 is 19.5 Å². The van der Waals surface area contributed by atoms with E-state index in [0.29, 0.717) is 82.5 Å². The number of ketones is 2. The van der Waals surface area contributed by atoms with Gasteiger partial charge in [-0.15, -0.1) is 0 Å². The number of hydrogen-bond acceptors (Lipinski definition) is 6. The standard InChI is InChI=1S/C28H24Cl3NO6/c1-36-23-11-14(10-18(31)28(23)37-13-24(35)32-15-8-9-16(29)17(30)12-15)25-26-19(33)4-2-6-21(26)38-22-7-3-5-20(34)27(22)25/h8-12,25H,2-7,13H2,1H3,(H,32,35). The maximum Gasteiger partial charge on any atom is 0.262 e. The zero-order chi connectivity index (χ0) is 27.0. The average Bonchev–Trinajstić information content (AvgIpc) is 2.89. The number of halogens is 3. The molecule has 1 N–H and O–H groups in total. The summed E-state index contributed by atoms with van der Waals surface area (Å²) in [6.45, 7) is -0.353. The van der Waals surface area contributed by atoms with Gasteiger partial charge in [0.05, 0.1) is 22.2 Å². The van der Waals surface area contributed by atoms with Crippen LogP contribution in [0, 0.1) is 0 Å². The van der Waals surface area contributed by atoms with Gasteiger partial charge in [-0.25, -0.2) is 0 Å². The summed E-state index contributed by atoms with van der Waals surface area (Å²) in [5.74, 6) is 0.613. The smallest absolute Gasteiger partial charge is 0.262 e. The number of carbonyl (C=O) groups is 3. The zero-order valence-corrected chi connectivity index (χ0v) is 22.8. The van der Waals surface area contributed by atoms with Crippen LogP contribution in [0.15, 0.2) is 53.0 Å². The van der Waals surface area contributed by atoms with Gasteiger partial charge in [-0.2, -0.15) is 0 Å². The molecule has 1 heterocycles. The highest BCUT2D eigenvalue weighted by Crippen LogP contribution is 2.50. The van der Waals surface area contributed by atoms with Crippen molar-refractivity contribution in [1.29, 1.82) is 0 Å². The second-order valence-corrected chi connectivity index (χ2v) is 10.5. The molecule has 3 aliphatic rings. The number of rotatable bonds is 6. The summed E-state index contributed by atoms with van der Waals surface area (Å²) in [5.41, 5.74) is 2.12. The van der Waals surface area contributed by atoms with Crippen molar-refractivity contribution in [3.63, 3.8) is 0 Å². The number of carbonyl (C=O) groups excluding carboxylic acids is 3. The number of amides is 1. The molecule has 0 saturated carbocycles. The summed E-state index contributed by atoms with van der Waals surface area (Å²) in [4.78, 5) is 38.6. The molecule has 2 aromatic carbocycles. The van der Waals surface area contributed by atoms with E-state index >= 15 is 0 Å². The van der Waals surface area contributed by atoms with Gasteiger partial charge in [0.2, 0.25) is 0 Å². The van der Waals surface area contributed by atoms with E-state index in [-0.39, 0.29) is 34.7 Å². The maximum absolute atomic E-state index is 13.0. The van der Waals surface area contributed by atoms with Crippen LogP contribution in [0.1, 0.15) is 50.0 Å². The van der Waals surface area contributed by atoms with Gasteiger partial charge in [0.1, 0.15) is 11.5 Å². The molecular weight excluding hydrogens is 553 g/mol. The van der Waals surface area contributed by atoms with Crippen molar-refractivity contribution >= 4 is 58.0 Å². The summed E-state index contributed by atoms with van der Waals surface area (Å²) >= 11 is 18.6. The number of hydrogen-bond donors (Lipinski definition) is 1. The van der Waals surface area contributed by atoms with Gasteiger partial charge >= 0.3 is 0 Å². The molecule has 0 atom stereocenters. The van der Waals surface area contributed by atoms with E-state index in [1.165, 1.54) is 13.2 Å². The lowest BCUT2D eigenvalue weighted by atomic mass is 9.73. The normalized spacial score (nSPS) is 17.6. The maximum atomic E-state index is 13.0. The molecule has 5 rings (SSSR count). The third-order valence-electron chi connectivity index (χ3n) is 6.78. The monoisotopic (exact) mass is 575 g/mol. The van der Waals surface area contributed by atoms with Gasteiger partial charge in [-0.1, -0.05) is 34.8 Å². The lowest BCUT2D eigenvalue weighted by molar-refractivity contribution is -0.119. The minimum absolute atomic E-state index is 0.0319. The number of allylic oxidation sites excluding steroid dienone is 4. The fourth-order valence-corrected chi connectivity index (χ4v) is 5.68. The Morgan fingerprint density at radius 3 is 2.18 bits per heavy atom. The van der Waals surface area contributed by atoms with Crippen LogP contribution >= 0.6 is 34.8 Å². The first kappa shape index (κ1) is 26.6. The number of Topliss-reactive ketones (excluding diaryl/α,β-unsaturated/α-hetero) is 2. The molecule has 0 bridgehead atoms. The Kier molecular flexibility index (Phi) is 7.70. The van der Waals surface area contributed by atoms with Crippen LogP contribution in [0.4, 0.5) is 5.69 Å². The van der Waals surface area contributed by atoms with E-state index in [0.717, 1.165) is 0 Å². The van der Waals surface area contributed by atoms with Crippen LogP contribution in [0.25, 0.3) is 0 Å². The van der Waals surface area contributed by atoms with E-state index in [4.69, 9.17) is 49.0 Å². The van der Waals surface area contributed by atoms with E-state index in [9.17, 15) is 14.4 Å². The number of nitrogens with one attached hydrogen (secondary N) is 1. The molecule has 0 unspecified atom stereocenters. The van der Waals surface area contributed by atoms with Crippen LogP contribution in [0.2, 0.25) is 15.1 Å². The fraction of sp³-hybridized carbons (Fsp3) is 0.321. The predicted molar refractivity (Wildman–Crippen MR) is 144 cm³/mol. The second kappa shape index (κ2) is 11.0. The van der Waals surface area contributed by atoms with Gasteiger partial charge in [-0.05, 0) is 48.7 Å². The van der Waals surface area contributed by atoms with Gasteiger partial charge in [0, 0.05) is 48.4 Å². The van der Waals surface area contributed by atoms with Crippen molar-refractivity contribution in [2.24, 2.45) is 0 Å². The van der Waals surface area contributed by atoms with E-state index in [1.807, 2.05) is 0 Å². The number of ether oxygens (including phenoxy) is 3. The molecule has 0 fully saturated rings. The van der Waals surface area contributed by atoms with Crippen molar-refractivity contribution in [3.8, 4) is 11.5 Å². The van der Waals surface area contributed by atoms with E-state index < -0.39 is 11.8 Å². The third kappa shape index (κ3) is 5.15. The molecule has 38 heavy (non-hydrogen) atoms. The molecule has 1 amide bonds. The molecule has 2 aromatic rings. The van der Waals surface area contributed by atoms with Crippen molar-refractivity contribution in [2.75, 3.05) is 19.0 Å². The first-order valence-corrected chi connectivity index (χ1v) is 13.4. The molecule has 10 heteroatoms. The van der Waals surface area contributed by atoms with Crippen molar-refractivity contribution < 1.29 is 28.6 Å². The first-order chi connectivity index (χ1) is 18.3. The molecule has 198 valence electrons. The highest BCUT2D eigenvalue weighted by molar-refractivity contribution is 6.42. The van der Waals surface area contributed by atoms with Crippen LogP contribution in [0.5, 0.6) is 11.5 Å². The summed E-state index contributed by atoms with van der Waals surface area (Å²) in [5, 5.41) is 3.55. The third-order valence-corrected chi connectivity index (χ3v) is 7.80. The van der Waals surface area contributed by atoms with Crippen molar-refractivity contribution in [3.05, 3.63) is 73.6 Å². The van der Waals surface area contributed by atoms with Crippen molar-refractivity contribution in [1.82, 2.24) is 0 Å². The van der Waals surface area contributed by atoms with E-state index in [2.05, 4.69) is 5.32 Å². The van der Waals surface area contributed by atoms with Gasteiger partial charge in [0.25, 0.3) is 5.91 Å². The Bertz CT molecular complexity index is 1370. The minimum Gasteiger partial charge on any atom is -0.493 e. The molecule has 2 aliphatic carbocycles. The second-order valence-electron chi connectivity index (χ2n) is 9.26. The largest absolute Gasteiger partial charge is 0.493 e. The van der Waals surface area contributed by atoms with Crippen LogP contribution in [-0.4, -0.2) is 31.2 Å². The summed E-state index contributed by atoms with van der Waals surface area (Å²) in [6.07, 6.45) is 3.50. The summed E-state index contributed by atoms with van der Waals surface area (Å²) < 4.78 is 17.4. The highest BCUT2D eigenvalue weighted by atomic mass is 35.5. The Labute approximate surface area is 234 Å². The SMILES string of the molecule is COc1cc(C2C3=C(CCCC3=O)OC3=C2C(=O)CCC3)cc(Cl)c1OCC(=O)Nc1ccc(Cl)c(Cl)c1. The molecule has 7 nitrogen and oxygen atoms in total. The van der Waals surface area contributed by atoms with Crippen LogP contribution in [-0.2, 0) is 19.1 Å². The minimum atomic E-state index is -0.590. The van der Waals surface area contributed by atoms with E-state index in [1.54, 1.807) is 24.3 Å². The molecule has 0 aromatic heterocycles. The Morgan fingerprint density at radius 2 is 1.58 bits per heavy atom. The quantitative estimate of drug-likeness (QED) is 0.407. The fourth-order valence-electron chi connectivity index (χ4n) is 5.11. The number of anilines is 1. The van der Waals surface area contributed by atoms with Crippen LogP contribution in [0.3, 0.4) is 0 Å². The molecular formula is C28H24Cl3NO6. The first-order valence-electron chi connectivity index (χ1n) is 12.2. The molecule has 0 radical (unpaired) electrons. The predicted octanol–water partition coefficient (Wildman–Crippen LogP) is 6.80. The summed E-state index contributed by atoms with van der Waals surface area (Å²) in [6, 6.07) is 8.08. The van der Waals surface area contributed by atoms with Gasteiger partial charge in [0.15, 0.2) is 29.7 Å². The van der Waals surface area contributed by atoms with Crippen molar-refractivity contribution in [2.45, 2.75) is 44.4 Å². The number of methoxy groups -OCH3 is 1. The molecule has 1 aliphatic heterocycles. The lowest BCUT2D eigenvalue weighted by Crippen LogP contribution is -2.30. The molecule has 0 spiro atoms.